The molecule has 2 rings (SSSR count). The number of rotatable bonds is 3. The normalized spacial score (nSPS) is 12.8. The molecule has 0 spiro atoms. The summed E-state index contributed by atoms with van der Waals surface area (Å²) in [6.45, 7) is 8.59. The third-order valence-corrected chi connectivity index (χ3v) is 4.26. The average Bonchev–Trinajstić information content (AvgIpc) is 2.47. The van der Waals surface area contributed by atoms with Crippen LogP contribution in [-0.2, 0) is 5.41 Å². The van der Waals surface area contributed by atoms with Gasteiger partial charge in [0.1, 0.15) is 0 Å². The highest BCUT2D eigenvalue weighted by Gasteiger charge is 2.15. The van der Waals surface area contributed by atoms with Crippen molar-refractivity contribution in [1.82, 2.24) is 5.32 Å². The highest BCUT2D eigenvalue weighted by atomic mass is 79.9. The third kappa shape index (κ3) is 4.20. The van der Waals surface area contributed by atoms with Gasteiger partial charge in [0.2, 0.25) is 0 Å². The van der Waals surface area contributed by atoms with Crippen molar-refractivity contribution in [2.24, 2.45) is 0 Å². The highest BCUT2D eigenvalue weighted by Crippen LogP contribution is 2.24. The first-order valence-corrected chi connectivity index (χ1v) is 8.23. The molecule has 1 amide bonds. The Morgan fingerprint density at radius 3 is 2.05 bits per heavy atom. The molecule has 1 N–H and O–H groups in total. The van der Waals surface area contributed by atoms with E-state index < -0.39 is 0 Å². The molecule has 2 nitrogen and oxygen atoms in total. The smallest absolute Gasteiger partial charge is 0.251 e. The van der Waals surface area contributed by atoms with Gasteiger partial charge in [-0.2, -0.15) is 0 Å². The summed E-state index contributed by atoms with van der Waals surface area (Å²) in [5.41, 5.74) is 3.21. The van der Waals surface area contributed by atoms with Crippen molar-refractivity contribution in [2.75, 3.05) is 0 Å². The third-order valence-electron chi connectivity index (χ3n) is 3.73. The Bertz CT molecular complexity index is 639. The van der Waals surface area contributed by atoms with Crippen molar-refractivity contribution >= 4 is 21.8 Å². The summed E-state index contributed by atoms with van der Waals surface area (Å²) >= 11 is 3.37. The van der Waals surface area contributed by atoms with Gasteiger partial charge >= 0.3 is 0 Å². The number of halogens is 1. The molecule has 0 heterocycles. The number of carbonyl (C=O) groups excluding carboxylic acids is 1. The lowest BCUT2D eigenvalue weighted by Crippen LogP contribution is -2.26. The van der Waals surface area contributed by atoms with Gasteiger partial charge in [-0.3, -0.25) is 4.79 Å². The summed E-state index contributed by atoms with van der Waals surface area (Å²) in [5, 5.41) is 3.04. The molecule has 22 heavy (non-hydrogen) atoms. The molecular formula is C19H22BrNO. The quantitative estimate of drug-likeness (QED) is 0.797. The van der Waals surface area contributed by atoms with E-state index in [9.17, 15) is 4.79 Å². The first kappa shape index (κ1) is 16.8. The molecule has 2 aromatic carbocycles. The fraction of sp³-hybridized carbons (Fsp3) is 0.316. The average molecular weight is 360 g/mol. The van der Waals surface area contributed by atoms with E-state index in [4.69, 9.17) is 0 Å². The van der Waals surface area contributed by atoms with Gasteiger partial charge in [-0.25, -0.2) is 0 Å². The van der Waals surface area contributed by atoms with Gasteiger partial charge in [0.25, 0.3) is 5.91 Å². The van der Waals surface area contributed by atoms with E-state index in [1.54, 1.807) is 0 Å². The molecule has 116 valence electrons. The van der Waals surface area contributed by atoms with Gasteiger partial charge < -0.3 is 5.32 Å². The van der Waals surface area contributed by atoms with Crippen molar-refractivity contribution in [2.45, 2.75) is 39.2 Å². The minimum absolute atomic E-state index is 0.0230. The topological polar surface area (TPSA) is 29.1 Å². The Kier molecular flexibility index (Phi) is 5.07. The van der Waals surface area contributed by atoms with E-state index in [0.29, 0.717) is 5.56 Å². The van der Waals surface area contributed by atoms with Crippen molar-refractivity contribution < 1.29 is 4.79 Å². The molecule has 3 heteroatoms. The summed E-state index contributed by atoms with van der Waals surface area (Å²) < 4.78 is 0.967. The molecule has 0 aliphatic carbocycles. The lowest BCUT2D eigenvalue weighted by molar-refractivity contribution is 0.0940. The molecule has 0 saturated heterocycles. The molecule has 0 aliphatic rings. The van der Waals surface area contributed by atoms with Crippen LogP contribution in [-0.4, -0.2) is 5.91 Å². The van der Waals surface area contributed by atoms with E-state index in [1.807, 2.05) is 31.2 Å². The second-order valence-electron chi connectivity index (χ2n) is 6.57. The summed E-state index contributed by atoms with van der Waals surface area (Å²) in [6.07, 6.45) is 0. The van der Waals surface area contributed by atoms with Crippen LogP contribution >= 0.6 is 15.9 Å². The number of hydrogen-bond acceptors (Lipinski definition) is 1. The first-order chi connectivity index (χ1) is 10.3. The Hall–Kier alpha value is -1.61. The Morgan fingerprint density at radius 2 is 1.55 bits per heavy atom. The van der Waals surface area contributed by atoms with Gasteiger partial charge in [0, 0.05) is 10.0 Å². The van der Waals surface area contributed by atoms with Crippen LogP contribution in [0.3, 0.4) is 0 Å². The van der Waals surface area contributed by atoms with Crippen molar-refractivity contribution in [3.63, 3.8) is 0 Å². The van der Waals surface area contributed by atoms with Crippen LogP contribution in [0.25, 0.3) is 0 Å². The maximum atomic E-state index is 12.2. The molecule has 0 unspecified atom stereocenters. The van der Waals surface area contributed by atoms with E-state index >= 15 is 0 Å². The van der Waals surface area contributed by atoms with Crippen molar-refractivity contribution in [3.05, 3.63) is 69.7 Å². The monoisotopic (exact) mass is 359 g/mol. The molecule has 0 fully saturated rings. The lowest BCUT2D eigenvalue weighted by atomic mass is 9.86. The zero-order valence-electron chi connectivity index (χ0n) is 13.5. The highest BCUT2D eigenvalue weighted by molar-refractivity contribution is 9.10. The minimum atomic E-state index is -0.0557. The Balaban J connectivity index is 2.07. The Labute approximate surface area is 141 Å². The molecule has 2 aromatic rings. The van der Waals surface area contributed by atoms with Crippen molar-refractivity contribution in [3.8, 4) is 0 Å². The number of amides is 1. The van der Waals surface area contributed by atoms with Gasteiger partial charge in [-0.05, 0) is 47.7 Å². The van der Waals surface area contributed by atoms with Crippen LogP contribution in [0, 0.1) is 0 Å². The molecular weight excluding hydrogens is 338 g/mol. The zero-order valence-corrected chi connectivity index (χ0v) is 15.1. The SMILES string of the molecule is C[C@H](NC(=O)c1ccc(Br)cc1)c1ccc(C(C)(C)C)cc1. The number of nitrogens with one attached hydrogen (secondary N) is 1. The van der Waals surface area contributed by atoms with E-state index in [2.05, 4.69) is 66.3 Å². The molecule has 0 radical (unpaired) electrons. The molecule has 0 aliphatic heterocycles. The fourth-order valence-corrected chi connectivity index (χ4v) is 2.50. The second kappa shape index (κ2) is 6.66. The molecule has 0 bridgehead atoms. The summed E-state index contributed by atoms with van der Waals surface area (Å²) in [4.78, 5) is 12.2. The van der Waals surface area contributed by atoms with Gasteiger partial charge in [0.05, 0.1) is 6.04 Å². The molecule has 0 aromatic heterocycles. The zero-order chi connectivity index (χ0) is 16.3. The maximum absolute atomic E-state index is 12.2. The van der Waals surface area contributed by atoms with Gasteiger partial charge in [0.15, 0.2) is 0 Å². The van der Waals surface area contributed by atoms with E-state index in [0.717, 1.165) is 10.0 Å². The number of carbonyl (C=O) groups is 1. The van der Waals surface area contributed by atoms with Crippen LogP contribution in [0.15, 0.2) is 53.0 Å². The fourth-order valence-electron chi connectivity index (χ4n) is 2.24. The van der Waals surface area contributed by atoms with Crippen LogP contribution in [0.4, 0.5) is 0 Å². The summed E-state index contributed by atoms with van der Waals surface area (Å²) in [7, 11) is 0. The predicted molar refractivity (Wildman–Crippen MR) is 95.2 cm³/mol. The molecule has 0 saturated carbocycles. The van der Waals surface area contributed by atoms with Crippen LogP contribution in [0.1, 0.15) is 55.2 Å². The number of benzene rings is 2. The van der Waals surface area contributed by atoms with Gasteiger partial charge in [-0.15, -0.1) is 0 Å². The van der Waals surface area contributed by atoms with Crippen molar-refractivity contribution in [1.29, 1.82) is 0 Å². The van der Waals surface area contributed by atoms with E-state index in [1.165, 1.54) is 5.56 Å². The summed E-state index contributed by atoms with van der Waals surface area (Å²) in [5.74, 6) is -0.0557. The first-order valence-electron chi connectivity index (χ1n) is 7.44. The standard InChI is InChI=1S/C19H22BrNO/c1-13(14-5-9-16(10-6-14)19(2,3)4)21-18(22)15-7-11-17(20)12-8-15/h5-13H,1-4H3,(H,21,22)/t13-/m0/s1. The number of hydrogen-bond donors (Lipinski definition) is 1. The lowest BCUT2D eigenvalue weighted by Gasteiger charge is -2.20. The molecule has 1 atom stereocenters. The maximum Gasteiger partial charge on any atom is 0.251 e. The summed E-state index contributed by atoms with van der Waals surface area (Å²) in [6, 6.07) is 15.8. The van der Waals surface area contributed by atoms with Crippen LogP contribution in [0.5, 0.6) is 0 Å². The Morgan fingerprint density at radius 1 is 1.00 bits per heavy atom. The largest absolute Gasteiger partial charge is 0.346 e. The second-order valence-corrected chi connectivity index (χ2v) is 7.49. The van der Waals surface area contributed by atoms with E-state index in [-0.39, 0.29) is 17.4 Å². The minimum Gasteiger partial charge on any atom is -0.346 e. The van der Waals surface area contributed by atoms with Crippen LogP contribution < -0.4 is 5.32 Å². The van der Waals surface area contributed by atoms with Gasteiger partial charge in [-0.1, -0.05) is 61.0 Å². The predicted octanol–water partition coefficient (Wildman–Crippen LogP) is 5.24. The van der Waals surface area contributed by atoms with Crippen LogP contribution in [0.2, 0.25) is 0 Å².